The molecular weight excluding hydrogens is 479 g/mol. The van der Waals surface area contributed by atoms with Crippen LogP contribution in [0.3, 0.4) is 0 Å². The standard InChI is InChI=1S/C19H16F3N5O3.C5H12O/c20-19(21,22)11-30-18-26-16(23-9-12-3-7-15(29)8-4-12)25-17(27-18)24-14-5-1-13(10-28)2-6-14;1-5(2,3)6-4/h1-8,10,29H,9,11H2,(H2,23,24,25,26,27);1-4H3. The number of nitrogens with zero attached hydrogens (tertiary/aromatic N) is 3. The first-order valence-corrected chi connectivity index (χ1v) is 10.7. The number of hydrogen-bond donors (Lipinski definition) is 3. The molecule has 0 saturated heterocycles. The number of carbonyl (C=O) groups excluding carboxylic acids is 1. The number of alkyl halides is 3. The Labute approximate surface area is 206 Å². The molecular formula is C24H28F3N5O4. The molecule has 2 aromatic carbocycles. The van der Waals surface area contributed by atoms with Crippen LogP contribution >= 0.6 is 0 Å². The largest absolute Gasteiger partial charge is 0.508 e. The molecule has 0 saturated carbocycles. The number of anilines is 3. The predicted octanol–water partition coefficient (Wildman–Crippen LogP) is 5.12. The average Bonchev–Trinajstić information content (AvgIpc) is 2.82. The third-order valence-electron chi connectivity index (χ3n) is 4.28. The maximum Gasteiger partial charge on any atom is 0.422 e. The molecule has 0 fully saturated rings. The van der Waals surface area contributed by atoms with Gasteiger partial charge in [-0.3, -0.25) is 4.79 Å². The number of aromatic nitrogens is 3. The van der Waals surface area contributed by atoms with E-state index in [1.54, 1.807) is 43.5 Å². The van der Waals surface area contributed by atoms with E-state index in [4.69, 9.17) is 4.74 Å². The highest BCUT2D eigenvalue weighted by Crippen LogP contribution is 2.20. The number of hydrogen-bond acceptors (Lipinski definition) is 9. The molecule has 0 radical (unpaired) electrons. The normalized spacial score (nSPS) is 11.2. The first-order valence-electron chi connectivity index (χ1n) is 10.7. The number of phenols is 1. The lowest BCUT2D eigenvalue weighted by molar-refractivity contribution is -0.154. The topological polar surface area (TPSA) is 118 Å². The van der Waals surface area contributed by atoms with Crippen LogP contribution in [0, 0.1) is 0 Å². The zero-order valence-electron chi connectivity index (χ0n) is 20.3. The van der Waals surface area contributed by atoms with E-state index in [0.29, 0.717) is 17.5 Å². The average molecular weight is 508 g/mol. The van der Waals surface area contributed by atoms with E-state index in [-0.39, 0.29) is 29.8 Å². The molecule has 0 spiro atoms. The number of carbonyl (C=O) groups is 1. The van der Waals surface area contributed by atoms with Crippen molar-refractivity contribution in [2.75, 3.05) is 24.4 Å². The van der Waals surface area contributed by atoms with Crippen LogP contribution in [0.4, 0.5) is 30.8 Å². The molecule has 1 aromatic heterocycles. The van der Waals surface area contributed by atoms with Crippen LogP contribution in [0.15, 0.2) is 48.5 Å². The highest BCUT2D eigenvalue weighted by molar-refractivity contribution is 5.76. The van der Waals surface area contributed by atoms with Gasteiger partial charge in [0.25, 0.3) is 0 Å². The lowest BCUT2D eigenvalue weighted by Gasteiger charge is -2.14. The number of aldehydes is 1. The highest BCUT2D eigenvalue weighted by atomic mass is 19.4. The monoisotopic (exact) mass is 507 g/mol. The van der Waals surface area contributed by atoms with Gasteiger partial charge in [0.1, 0.15) is 12.0 Å². The van der Waals surface area contributed by atoms with Gasteiger partial charge in [-0.2, -0.15) is 28.1 Å². The maximum absolute atomic E-state index is 12.5. The molecule has 0 aliphatic carbocycles. The van der Waals surface area contributed by atoms with Crippen molar-refractivity contribution >= 4 is 23.9 Å². The molecule has 194 valence electrons. The second-order valence-corrected chi connectivity index (χ2v) is 8.37. The van der Waals surface area contributed by atoms with Crippen molar-refractivity contribution in [3.8, 4) is 11.8 Å². The summed E-state index contributed by atoms with van der Waals surface area (Å²) < 4.78 is 47.0. The summed E-state index contributed by atoms with van der Waals surface area (Å²) in [5.74, 6) is 0.0466. The number of methoxy groups -OCH3 is 1. The third-order valence-corrected chi connectivity index (χ3v) is 4.28. The Balaban J connectivity index is 0.000000678. The van der Waals surface area contributed by atoms with Gasteiger partial charge in [-0.15, -0.1) is 0 Å². The molecule has 36 heavy (non-hydrogen) atoms. The second kappa shape index (κ2) is 12.7. The Bertz CT molecular complexity index is 1100. The van der Waals surface area contributed by atoms with Crippen molar-refractivity contribution in [3.05, 3.63) is 59.7 Å². The Hall–Kier alpha value is -3.93. The molecule has 1 heterocycles. The number of phenolic OH excluding ortho intramolecular Hbond substituents is 1. The van der Waals surface area contributed by atoms with Gasteiger partial charge >= 0.3 is 12.2 Å². The molecule has 0 unspecified atom stereocenters. The summed E-state index contributed by atoms with van der Waals surface area (Å²) in [5, 5.41) is 15.0. The lowest BCUT2D eigenvalue weighted by Crippen LogP contribution is -2.21. The zero-order valence-corrected chi connectivity index (χ0v) is 20.3. The molecule has 12 heteroatoms. The zero-order chi connectivity index (χ0) is 26.8. The van der Waals surface area contributed by atoms with Crippen molar-refractivity contribution in [3.63, 3.8) is 0 Å². The van der Waals surface area contributed by atoms with Crippen LogP contribution in [0.1, 0.15) is 36.7 Å². The number of benzene rings is 2. The fourth-order valence-electron chi connectivity index (χ4n) is 2.27. The van der Waals surface area contributed by atoms with Gasteiger partial charge in [0.05, 0.1) is 5.60 Å². The first-order chi connectivity index (χ1) is 16.9. The van der Waals surface area contributed by atoms with Gasteiger partial charge in [0.2, 0.25) is 11.9 Å². The van der Waals surface area contributed by atoms with Gasteiger partial charge in [-0.05, 0) is 62.7 Å². The molecule has 0 aliphatic heterocycles. The Morgan fingerprint density at radius 2 is 1.53 bits per heavy atom. The molecule has 0 bridgehead atoms. The Morgan fingerprint density at radius 3 is 2.06 bits per heavy atom. The molecule has 3 N–H and O–H groups in total. The second-order valence-electron chi connectivity index (χ2n) is 8.37. The summed E-state index contributed by atoms with van der Waals surface area (Å²) in [7, 11) is 1.71. The fourth-order valence-corrected chi connectivity index (χ4v) is 2.27. The minimum Gasteiger partial charge on any atom is -0.508 e. The van der Waals surface area contributed by atoms with Crippen molar-refractivity contribution < 1.29 is 32.5 Å². The van der Waals surface area contributed by atoms with Crippen LogP contribution < -0.4 is 15.4 Å². The van der Waals surface area contributed by atoms with Gasteiger partial charge < -0.3 is 25.2 Å². The van der Waals surface area contributed by atoms with Gasteiger partial charge in [0.15, 0.2) is 6.61 Å². The van der Waals surface area contributed by atoms with Crippen LogP contribution in [0.2, 0.25) is 0 Å². The molecule has 3 aromatic rings. The summed E-state index contributed by atoms with van der Waals surface area (Å²) in [5.41, 5.74) is 1.80. The van der Waals surface area contributed by atoms with E-state index in [1.165, 1.54) is 12.1 Å². The quantitative estimate of drug-likeness (QED) is 0.357. The lowest BCUT2D eigenvalue weighted by atomic mass is 10.2. The van der Waals surface area contributed by atoms with Crippen LogP contribution in [-0.2, 0) is 11.3 Å². The smallest absolute Gasteiger partial charge is 0.422 e. The third kappa shape index (κ3) is 11.0. The maximum atomic E-state index is 12.5. The number of rotatable bonds is 8. The number of aromatic hydroxyl groups is 1. The van der Waals surface area contributed by atoms with E-state index in [0.717, 1.165) is 5.56 Å². The summed E-state index contributed by atoms with van der Waals surface area (Å²) in [6, 6.07) is 12.1. The molecule has 0 aliphatic rings. The summed E-state index contributed by atoms with van der Waals surface area (Å²) >= 11 is 0. The van der Waals surface area contributed by atoms with Gasteiger partial charge in [0, 0.05) is 24.9 Å². The number of ether oxygens (including phenoxy) is 2. The van der Waals surface area contributed by atoms with E-state index >= 15 is 0 Å². The summed E-state index contributed by atoms with van der Waals surface area (Å²) in [6.45, 7) is 4.76. The summed E-state index contributed by atoms with van der Waals surface area (Å²) in [4.78, 5) is 22.6. The van der Waals surface area contributed by atoms with Crippen molar-refractivity contribution in [2.45, 2.75) is 39.1 Å². The Kier molecular flexibility index (Phi) is 9.97. The highest BCUT2D eigenvalue weighted by Gasteiger charge is 2.29. The van der Waals surface area contributed by atoms with Crippen molar-refractivity contribution in [1.82, 2.24) is 15.0 Å². The first kappa shape index (κ1) is 28.3. The SMILES string of the molecule is COC(C)(C)C.O=Cc1ccc(Nc2nc(NCc3ccc(O)cc3)nc(OCC(F)(F)F)n2)cc1. The van der Waals surface area contributed by atoms with E-state index < -0.39 is 18.8 Å². The van der Waals surface area contributed by atoms with Crippen LogP contribution in [0.25, 0.3) is 0 Å². The fraction of sp³-hybridized carbons (Fsp3) is 0.333. The van der Waals surface area contributed by atoms with E-state index in [9.17, 15) is 23.1 Å². The van der Waals surface area contributed by atoms with Crippen LogP contribution in [-0.4, -0.2) is 51.8 Å². The minimum absolute atomic E-state index is 0.0118. The number of halogens is 3. The van der Waals surface area contributed by atoms with Gasteiger partial charge in [-0.25, -0.2) is 0 Å². The Morgan fingerprint density at radius 1 is 0.944 bits per heavy atom. The minimum atomic E-state index is -4.55. The molecule has 9 nitrogen and oxygen atoms in total. The van der Waals surface area contributed by atoms with Crippen LogP contribution in [0.5, 0.6) is 11.8 Å². The van der Waals surface area contributed by atoms with E-state index in [1.807, 2.05) is 20.8 Å². The summed E-state index contributed by atoms with van der Waals surface area (Å²) in [6.07, 6.45) is -3.87. The van der Waals surface area contributed by atoms with Gasteiger partial charge in [-0.1, -0.05) is 12.1 Å². The predicted molar refractivity (Wildman–Crippen MR) is 129 cm³/mol. The molecule has 0 amide bonds. The van der Waals surface area contributed by atoms with E-state index in [2.05, 4.69) is 30.3 Å². The van der Waals surface area contributed by atoms with Crippen molar-refractivity contribution in [1.29, 1.82) is 0 Å². The van der Waals surface area contributed by atoms with Crippen molar-refractivity contribution in [2.24, 2.45) is 0 Å². The molecule has 0 atom stereocenters. The number of nitrogens with one attached hydrogen (secondary N) is 2. The molecule has 3 rings (SSSR count).